The maximum Gasteiger partial charge on any atom is 0.0553 e. The minimum Gasteiger partial charge on any atom is -0.393 e. The van der Waals surface area contributed by atoms with Gasteiger partial charge in [0.25, 0.3) is 0 Å². The van der Waals surface area contributed by atoms with E-state index in [2.05, 4.69) is 37.1 Å². The molecule has 1 aliphatic heterocycles. The number of para-hydroxylation sites is 1. The number of hydrogen-bond acceptors (Lipinski definition) is 2. The molecule has 0 aromatic heterocycles. The average Bonchev–Trinajstić information content (AvgIpc) is 2.43. The monoisotopic (exact) mass is 205 g/mol. The van der Waals surface area contributed by atoms with Gasteiger partial charge in [0.1, 0.15) is 0 Å². The topological polar surface area (TPSA) is 23.5 Å². The molecule has 0 fully saturated rings. The van der Waals surface area contributed by atoms with Crippen LogP contribution in [0, 0.1) is 0 Å². The third-order valence-corrected chi connectivity index (χ3v) is 3.25. The van der Waals surface area contributed by atoms with Gasteiger partial charge in [0.15, 0.2) is 0 Å². The van der Waals surface area contributed by atoms with E-state index in [1.807, 2.05) is 6.92 Å². The molecule has 0 spiro atoms. The molecule has 1 aromatic rings. The lowest BCUT2D eigenvalue weighted by Gasteiger charge is -2.21. The molecule has 2 atom stereocenters. The Kier molecular flexibility index (Phi) is 2.70. The van der Waals surface area contributed by atoms with E-state index < -0.39 is 0 Å². The average molecular weight is 205 g/mol. The van der Waals surface area contributed by atoms with E-state index in [0.717, 1.165) is 12.8 Å². The summed E-state index contributed by atoms with van der Waals surface area (Å²) >= 11 is 0. The molecule has 2 nitrogen and oxygen atoms in total. The summed E-state index contributed by atoms with van der Waals surface area (Å²) < 4.78 is 0. The zero-order valence-electron chi connectivity index (χ0n) is 9.70. The van der Waals surface area contributed by atoms with E-state index >= 15 is 0 Å². The summed E-state index contributed by atoms with van der Waals surface area (Å²) in [6.45, 7) is 4.09. The fraction of sp³-hybridized carbons (Fsp3) is 0.538. The van der Waals surface area contributed by atoms with Gasteiger partial charge in [-0.25, -0.2) is 0 Å². The maximum absolute atomic E-state index is 9.47. The highest BCUT2D eigenvalue weighted by Crippen LogP contribution is 2.34. The van der Waals surface area contributed by atoms with Crippen molar-refractivity contribution in [2.24, 2.45) is 0 Å². The van der Waals surface area contributed by atoms with Crippen molar-refractivity contribution in [3.8, 4) is 0 Å². The van der Waals surface area contributed by atoms with Gasteiger partial charge in [-0.15, -0.1) is 0 Å². The second kappa shape index (κ2) is 3.86. The Morgan fingerprint density at radius 2 is 2.27 bits per heavy atom. The van der Waals surface area contributed by atoms with Crippen LogP contribution in [0.5, 0.6) is 0 Å². The molecule has 2 rings (SSSR count). The molecule has 0 radical (unpaired) electrons. The van der Waals surface area contributed by atoms with Gasteiger partial charge in [0.05, 0.1) is 6.10 Å². The number of rotatable bonds is 2. The van der Waals surface area contributed by atoms with Gasteiger partial charge >= 0.3 is 0 Å². The lowest BCUT2D eigenvalue weighted by molar-refractivity contribution is 0.195. The van der Waals surface area contributed by atoms with Crippen LogP contribution in [0.2, 0.25) is 0 Å². The zero-order chi connectivity index (χ0) is 11.0. The molecule has 1 heterocycles. The number of fused-ring (bicyclic) bond motifs is 1. The van der Waals surface area contributed by atoms with E-state index in [4.69, 9.17) is 0 Å². The van der Waals surface area contributed by atoms with E-state index in [9.17, 15) is 5.11 Å². The molecule has 82 valence electrons. The first kappa shape index (κ1) is 10.5. The molecule has 0 bridgehead atoms. The first-order valence-corrected chi connectivity index (χ1v) is 5.61. The minimum absolute atomic E-state index is 0.263. The molecule has 0 saturated carbocycles. The molecule has 1 aromatic carbocycles. The van der Waals surface area contributed by atoms with Crippen molar-refractivity contribution < 1.29 is 5.11 Å². The summed E-state index contributed by atoms with van der Waals surface area (Å²) in [6, 6.07) is 7.00. The molecule has 1 N–H and O–H groups in total. The van der Waals surface area contributed by atoms with Gasteiger partial charge < -0.3 is 10.0 Å². The van der Waals surface area contributed by atoms with Crippen LogP contribution in [-0.2, 0) is 12.8 Å². The quantitative estimate of drug-likeness (QED) is 0.798. The number of benzene rings is 1. The summed E-state index contributed by atoms with van der Waals surface area (Å²) in [5, 5.41) is 9.47. The van der Waals surface area contributed by atoms with E-state index in [0.29, 0.717) is 6.04 Å². The Bertz CT molecular complexity index is 360. The van der Waals surface area contributed by atoms with Crippen LogP contribution in [0.25, 0.3) is 0 Å². The third-order valence-electron chi connectivity index (χ3n) is 3.25. The summed E-state index contributed by atoms with van der Waals surface area (Å²) in [4.78, 5) is 2.33. The fourth-order valence-electron chi connectivity index (χ4n) is 2.42. The van der Waals surface area contributed by atoms with Crippen molar-refractivity contribution in [2.45, 2.75) is 38.8 Å². The summed E-state index contributed by atoms with van der Waals surface area (Å²) in [6.07, 6.45) is 1.61. The van der Waals surface area contributed by atoms with Crippen LogP contribution < -0.4 is 4.90 Å². The molecule has 15 heavy (non-hydrogen) atoms. The Hall–Kier alpha value is -1.02. The molecule has 0 amide bonds. The minimum atomic E-state index is -0.263. The number of aliphatic hydroxyl groups is 1. The van der Waals surface area contributed by atoms with Crippen LogP contribution in [0.4, 0.5) is 5.69 Å². The van der Waals surface area contributed by atoms with E-state index in [1.165, 1.54) is 16.8 Å². The van der Waals surface area contributed by atoms with Gasteiger partial charge in [-0.2, -0.15) is 0 Å². The highest BCUT2D eigenvalue weighted by molar-refractivity contribution is 5.64. The summed E-state index contributed by atoms with van der Waals surface area (Å²) in [5.74, 6) is 0. The van der Waals surface area contributed by atoms with Crippen LogP contribution in [0.15, 0.2) is 18.2 Å². The van der Waals surface area contributed by atoms with Crippen LogP contribution in [-0.4, -0.2) is 24.3 Å². The summed E-state index contributed by atoms with van der Waals surface area (Å²) in [5.41, 5.74) is 4.03. The van der Waals surface area contributed by atoms with Gasteiger partial charge in [-0.05, 0) is 31.4 Å². The first-order valence-electron chi connectivity index (χ1n) is 5.61. The second-order valence-corrected chi connectivity index (χ2v) is 4.64. The normalized spacial score (nSPS) is 21.6. The highest BCUT2D eigenvalue weighted by Gasteiger charge is 2.25. The largest absolute Gasteiger partial charge is 0.393 e. The Balaban J connectivity index is 2.38. The number of anilines is 1. The van der Waals surface area contributed by atoms with Crippen LogP contribution >= 0.6 is 0 Å². The molecule has 2 unspecified atom stereocenters. The van der Waals surface area contributed by atoms with Crippen molar-refractivity contribution in [2.75, 3.05) is 11.9 Å². The number of hydrogen-bond donors (Lipinski definition) is 1. The Morgan fingerprint density at radius 1 is 1.53 bits per heavy atom. The molecule has 1 aliphatic rings. The fourth-order valence-corrected chi connectivity index (χ4v) is 2.42. The second-order valence-electron chi connectivity index (χ2n) is 4.64. The first-order chi connectivity index (χ1) is 7.09. The molecule has 0 aliphatic carbocycles. The van der Waals surface area contributed by atoms with E-state index in [1.54, 1.807) is 0 Å². The smallest absolute Gasteiger partial charge is 0.0553 e. The van der Waals surface area contributed by atoms with Crippen molar-refractivity contribution in [3.05, 3.63) is 29.3 Å². The predicted molar refractivity (Wildman–Crippen MR) is 63.4 cm³/mol. The lowest BCUT2D eigenvalue weighted by atomic mass is 10.0. The number of likely N-dealkylation sites (N-methyl/N-ethyl adjacent to an activating group) is 1. The maximum atomic E-state index is 9.47. The number of aliphatic hydroxyl groups excluding tert-OH is 1. The van der Waals surface area contributed by atoms with Crippen molar-refractivity contribution in [1.29, 1.82) is 0 Å². The molecular weight excluding hydrogens is 186 g/mol. The van der Waals surface area contributed by atoms with Crippen molar-refractivity contribution in [3.63, 3.8) is 0 Å². The Labute approximate surface area is 91.5 Å². The molecular formula is C13H19NO. The zero-order valence-corrected chi connectivity index (χ0v) is 9.70. The molecule has 0 saturated heterocycles. The van der Waals surface area contributed by atoms with Gasteiger partial charge in [0.2, 0.25) is 0 Å². The predicted octanol–water partition coefficient (Wildman–Crippen LogP) is 1.99. The van der Waals surface area contributed by atoms with Gasteiger partial charge in [0, 0.05) is 25.2 Å². The molecule has 2 heteroatoms. The third kappa shape index (κ3) is 1.86. The SMILES string of the molecule is CC(O)Cc1cccc2c1N(C)C(C)C2. The highest BCUT2D eigenvalue weighted by atomic mass is 16.3. The standard InChI is InChI=1S/C13H19NO/c1-9-7-11-5-4-6-12(8-10(2)15)13(11)14(9)3/h4-6,9-10,15H,7-8H2,1-3H3. The van der Waals surface area contributed by atoms with E-state index in [-0.39, 0.29) is 6.10 Å². The van der Waals surface area contributed by atoms with Crippen LogP contribution in [0.3, 0.4) is 0 Å². The Morgan fingerprint density at radius 3 is 2.93 bits per heavy atom. The van der Waals surface area contributed by atoms with Gasteiger partial charge in [-0.1, -0.05) is 18.2 Å². The summed E-state index contributed by atoms with van der Waals surface area (Å²) in [7, 11) is 2.14. The van der Waals surface area contributed by atoms with Gasteiger partial charge in [-0.3, -0.25) is 0 Å². The number of nitrogens with zero attached hydrogens (tertiary/aromatic N) is 1. The van der Waals surface area contributed by atoms with Crippen molar-refractivity contribution >= 4 is 5.69 Å². The van der Waals surface area contributed by atoms with Crippen LogP contribution in [0.1, 0.15) is 25.0 Å². The van der Waals surface area contributed by atoms with Crippen molar-refractivity contribution in [1.82, 2.24) is 0 Å². The lowest BCUT2D eigenvalue weighted by Crippen LogP contribution is -2.25.